The van der Waals surface area contributed by atoms with E-state index in [1.165, 1.54) is 18.4 Å². The van der Waals surface area contributed by atoms with E-state index >= 15 is 0 Å². The predicted octanol–water partition coefficient (Wildman–Crippen LogP) is 4.95. The van der Waals surface area contributed by atoms with Crippen LogP contribution >= 0.6 is 0 Å². The minimum atomic E-state index is -0.606. The van der Waals surface area contributed by atoms with E-state index in [1.807, 2.05) is 13.8 Å². The normalized spacial score (nSPS) is 53.5. The molecule has 4 saturated carbocycles. The maximum atomic E-state index is 12.7. The van der Waals surface area contributed by atoms with Gasteiger partial charge >= 0.3 is 0 Å². The van der Waals surface area contributed by atoms with Crippen LogP contribution in [0.1, 0.15) is 66.2 Å². The Hall–Kier alpha value is -1.13. The summed E-state index contributed by atoms with van der Waals surface area (Å²) in [4.78, 5) is 12.7. The molecule has 1 heterocycles. The van der Waals surface area contributed by atoms with Gasteiger partial charge in [0.15, 0.2) is 11.6 Å². The van der Waals surface area contributed by atoms with E-state index in [4.69, 9.17) is 9.47 Å². The number of Topliss-reactive ketones (excluding diaryl/α,β-unsaturated/α-hetero) is 1. The molecular weight excluding hydrogens is 352 g/mol. The van der Waals surface area contributed by atoms with Crippen LogP contribution in [-0.4, -0.2) is 28.9 Å². The SMILES string of the molecule is C=C1CC[C@H]2C3[C@H]4OC(C)(C)O[C@@H]4[C@H]4CC(=O)/C(=C\O)C[C@]4(C)[C@H]3CC[C@]12C. The van der Waals surface area contributed by atoms with Crippen LogP contribution in [-0.2, 0) is 14.3 Å². The molecule has 4 heteroatoms. The van der Waals surface area contributed by atoms with Gasteiger partial charge in [-0.1, -0.05) is 26.0 Å². The van der Waals surface area contributed by atoms with Crippen molar-refractivity contribution < 1.29 is 19.4 Å². The van der Waals surface area contributed by atoms with Gasteiger partial charge in [0.2, 0.25) is 0 Å². The van der Waals surface area contributed by atoms with Crippen LogP contribution in [0, 0.1) is 34.5 Å². The molecule has 0 aromatic heterocycles. The molecule has 0 aromatic rings. The number of carbonyl (C=O) groups excluding carboxylic acids is 1. The van der Waals surface area contributed by atoms with Crippen LogP contribution in [0.15, 0.2) is 24.0 Å². The predicted molar refractivity (Wildman–Crippen MR) is 107 cm³/mol. The van der Waals surface area contributed by atoms with Crippen molar-refractivity contribution in [1.29, 1.82) is 0 Å². The average molecular weight is 387 g/mol. The van der Waals surface area contributed by atoms with E-state index in [9.17, 15) is 9.90 Å². The highest BCUT2D eigenvalue weighted by molar-refractivity contribution is 5.96. The molecule has 5 rings (SSSR count). The van der Waals surface area contributed by atoms with Gasteiger partial charge in [0.1, 0.15) is 0 Å². The van der Waals surface area contributed by atoms with Crippen molar-refractivity contribution in [1.82, 2.24) is 0 Å². The number of allylic oxidation sites excluding steroid dienone is 2. The Balaban J connectivity index is 1.62. The van der Waals surface area contributed by atoms with Crippen LogP contribution in [0.4, 0.5) is 0 Å². The van der Waals surface area contributed by atoms with Crippen LogP contribution < -0.4 is 0 Å². The highest BCUT2D eigenvalue weighted by Gasteiger charge is 2.68. The molecule has 28 heavy (non-hydrogen) atoms. The summed E-state index contributed by atoms with van der Waals surface area (Å²) in [7, 11) is 0. The molecule has 4 aliphatic carbocycles. The molecule has 0 bridgehead atoms. The monoisotopic (exact) mass is 386 g/mol. The number of fused-ring (bicyclic) bond motifs is 8. The maximum Gasteiger partial charge on any atom is 0.163 e. The third-order valence-corrected chi connectivity index (χ3v) is 9.41. The molecule has 0 radical (unpaired) electrons. The highest BCUT2D eigenvalue weighted by atomic mass is 16.8. The molecule has 5 aliphatic rings. The Kier molecular flexibility index (Phi) is 3.86. The van der Waals surface area contributed by atoms with E-state index in [0.29, 0.717) is 36.2 Å². The van der Waals surface area contributed by atoms with Gasteiger partial charge in [0.05, 0.1) is 18.5 Å². The third-order valence-electron chi connectivity index (χ3n) is 9.41. The Morgan fingerprint density at radius 3 is 2.50 bits per heavy atom. The van der Waals surface area contributed by atoms with Crippen LogP contribution in [0.5, 0.6) is 0 Å². The summed E-state index contributed by atoms with van der Waals surface area (Å²) < 4.78 is 13.0. The summed E-state index contributed by atoms with van der Waals surface area (Å²) in [6.45, 7) is 13.2. The second kappa shape index (κ2) is 5.72. The first-order valence-electron chi connectivity index (χ1n) is 11.0. The van der Waals surface area contributed by atoms with E-state index in [1.54, 1.807) is 0 Å². The lowest BCUT2D eigenvalue weighted by Gasteiger charge is -2.62. The zero-order chi connectivity index (χ0) is 20.1. The minimum absolute atomic E-state index is 0.0384. The molecule has 0 spiro atoms. The number of carbonyl (C=O) groups is 1. The van der Waals surface area contributed by atoms with E-state index in [2.05, 4.69) is 20.4 Å². The standard InChI is InChI=1S/C24H34O4/c1-13-6-7-15-19-16(8-9-23(13,15)4)24(5)11-14(12-25)18(26)10-17(24)20-21(19)28-22(2,3)27-20/h12,15-17,19-21,25H,1,6-11H2,2-5H3/b14-12-/t15-,16-,17+,19?,20+,21+,23+,24+/m0/s1. The lowest BCUT2D eigenvalue weighted by molar-refractivity contribution is -0.169. The summed E-state index contributed by atoms with van der Waals surface area (Å²) in [6.07, 6.45) is 6.82. The van der Waals surface area contributed by atoms with Crippen molar-refractivity contribution in [2.45, 2.75) is 84.2 Å². The first-order valence-corrected chi connectivity index (χ1v) is 11.0. The Bertz CT molecular complexity index is 767. The highest BCUT2D eigenvalue weighted by Crippen LogP contribution is 2.69. The lowest BCUT2D eigenvalue weighted by atomic mass is 9.43. The summed E-state index contributed by atoms with van der Waals surface area (Å²) in [6, 6.07) is 0. The molecule has 0 aromatic carbocycles. The minimum Gasteiger partial charge on any atom is -0.515 e. The van der Waals surface area contributed by atoms with Crippen molar-refractivity contribution in [2.24, 2.45) is 34.5 Å². The average Bonchev–Trinajstić information content (AvgIpc) is 3.11. The van der Waals surface area contributed by atoms with Gasteiger partial charge in [-0.3, -0.25) is 4.79 Å². The third kappa shape index (κ3) is 2.28. The smallest absolute Gasteiger partial charge is 0.163 e. The summed E-state index contributed by atoms with van der Waals surface area (Å²) in [5.74, 6) is 1.12. The van der Waals surface area contributed by atoms with Gasteiger partial charge in [-0.25, -0.2) is 0 Å². The topological polar surface area (TPSA) is 55.8 Å². The summed E-state index contributed by atoms with van der Waals surface area (Å²) in [5.41, 5.74) is 2.17. The van der Waals surface area contributed by atoms with Gasteiger partial charge in [0.25, 0.3) is 0 Å². The van der Waals surface area contributed by atoms with E-state index in [0.717, 1.165) is 19.1 Å². The van der Waals surface area contributed by atoms with Gasteiger partial charge in [-0.15, -0.1) is 0 Å². The first-order chi connectivity index (χ1) is 13.1. The van der Waals surface area contributed by atoms with Crippen molar-refractivity contribution in [3.63, 3.8) is 0 Å². The number of ether oxygens (including phenoxy) is 2. The molecule has 1 unspecified atom stereocenters. The fraction of sp³-hybridized carbons (Fsp3) is 0.792. The zero-order valence-corrected chi connectivity index (χ0v) is 17.7. The van der Waals surface area contributed by atoms with Gasteiger partial charge < -0.3 is 14.6 Å². The van der Waals surface area contributed by atoms with Gasteiger partial charge in [0, 0.05) is 17.9 Å². The van der Waals surface area contributed by atoms with Crippen LogP contribution in [0.25, 0.3) is 0 Å². The van der Waals surface area contributed by atoms with Crippen molar-refractivity contribution >= 4 is 5.78 Å². The lowest BCUT2D eigenvalue weighted by Crippen LogP contribution is -2.63. The Labute approximate surface area is 168 Å². The summed E-state index contributed by atoms with van der Waals surface area (Å²) >= 11 is 0. The fourth-order valence-corrected chi connectivity index (χ4v) is 7.98. The van der Waals surface area contributed by atoms with Crippen molar-refractivity contribution in [3.8, 4) is 0 Å². The quantitative estimate of drug-likeness (QED) is 0.364. The molecule has 1 N–H and O–H groups in total. The number of aliphatic hydroxyl groups excluding tert-OH is 1. The Morgan fingerprint density at radius 1 is 1.07 bits per heavy atom. The number of ketones is 1. The van der Waals surface area contributed by atoms with Crippen molar-refractivity contribution in [3.05, 3.63) is 24.0 Å². The van der Waals surface area contributed by atoms with E-state index in [-0.39, 0.29) is 34.7 Å². The van der Waals surface area contributed by atoms with Crippen LogP contribution in [0.3, 0.4) is 0 Å². The Morgan fingerprint density at radius 2 is 1.79 bits per heavy atom. The molecule has 1 saturated heterocycles. The van der Waals surface area contributed by atoms with Crippen molar-refractivity contribution in [2.75, 3.05) is 0 Å². The van der Waals surface area contributed by atoms with E-state index < -0.39 is 5.79 Å². The van der Waals surface area contributed by atoms with Gasteiger partial charge in [-0.05, 0) is 74.5 Å². The molecule has 8 atom stereocenters. The molecule has 1 aliphatic heterocycles. The largest absolute Gasteiger partial charge is 0.515 e. The molecule has 4 nitrogen and oxygen atoms in total. The van der Waals surface area contributed by atoms with Crippen LogP contribution in [0.2, 0.25) is 0 Å². The maximum absolute atomic E-state index is 12.7. The number of hydrogen-bond donors (Lipinski definition) is 1. The fourth-order valence-electron chi connectivity index (χ4n) is 7.98. The van der Waals surface area contributed by atoms with Gasteiger partial charge in [-0.2, -0.15) is 0 Å². The zero-order valence-electron chi connectivity index (χ0n) is 17.7. The molecule has 0 amide bonds. The molecular formula is C24H34O4. The number of rotatable bonds is 0. The summed E-state index contributed by atoms with van der Waals surface area (Å²) in [5, 5.41) is 9.71. The molecule has 154 valence electrons. The second-order valence-electron chi connectivity index (χ2n) is 11.0. The second-order valence-corrected chi connectivity index (χ2v) is 11.0. The number of hydrogen-bond acceptors (Lipinski definition) is 4. The first kappa shape index (κ1) is 18.9. The number of aliphatic hydroxyl groups is 1. The molecule has 5 fully saturated rings.